The van der Waals surface area contributed by atoms with Crippen molar-refractivity contribution >= 4 is 22.6 Å². The van der Waals surface area contributed by atoms with Crippen molar-refractivity contribution in [2.24, 2.45) is 5.73 Å². The van der Waals surface area contributed by atoms with Gasteiger partial charge in [0.05, 0.1) is 0 Å². The highest BCUT2D eigenvalue weighted by atomic mass is 127. The van der Waals surface area contributed by atoms with Crippen LogP contribution in [0, 0.1) is 0 Å². The second-order valence-electron chi connectivity index (χ2n) is 2.44. The van der Waals surface area contributed by atoms with Gasteiger partial charge >= 0.3 is 0 Å². The molecule has 0 aromatic heterocycles. The molecule has 0 saturated carbocycles. The van der Waals surface area contributed by atoms with Gasteiger partial charge in [-0.15, -0.1) is 0 Å². The second kappa shape index (κ2) is 2.31. The average molecular weight is 213 g/mol. The van der Waals surface area contributed by atoms with E-state index in [0.29, 0.717) is 3.92 Å². The normalized spacial score (nSPS) is 16.7. The summed E-state index contributed by atoms with van der Waals surface area (Å²) in [6.07, 6.45) is 0. The van der Waals surface area contributed by atoms with Gasteiger partial charge in [0.15, 0.2) is 0 Å². The molecule has 0 radical (unpaired) electrons. The summed E-state index contributed by atoms with van der Waals surface area (Å²) in [6, 6.07) is 0. The zero-order valence-electron chi connectivity index (χ0n) is 5.03. The molecule has 0 heterocycles. The molecule has 1 atom stereocenters. The van der Waals surface area contributed by atoms with Gasteiger partial charge in [-0.25, -0.2) is 0 Å². The predicted molar refractivity (Wildman–Crippen MR) is 41.7 cm³/mol. The van der Waals surface area contributed by atoms with E-state index in [2.05, 4.69) is 29.5 Å². The molecule has 0 aliphatic rings. The zero-order valence-corrected chi connectivity index (χ0v) is 7.19. The van der Waals surface area contributed by atoms with Crippen molar-refractivity contribution in [1.82, 2.24) is 0 Å². The van der Waals surface area contributed by atoms with Crippen LogP contribution >= 0.6 is 22.6 Å². The summed E-state index contributed by atoms with van der Waals surface area (Å²) in [5, 5.41) is 0. The fourth-order valence-electron chi connectivity index (χ4n) is 0. The smallest absolute Gasteiger partial charge is 0.0256 e. The second-order valence-corrected chi connectivity index (χ2v) is 4.31. The van der Waals surface area contributed by atoms with E-state index >= 15 is 0 Å². The number of rotatable bonds is 1. The summed E-state index contributed by atoms with van der Waals surface area (Å²) < 4.78 is 0.546. The Morgan fingerprint density at radius 3 is 1.71 bits per heavy atom. The molecule has 0 amide bonds. The van der Waals surface area contributed by atoms with Crippen LogP contribution in [-0.2, 0) is 0 Å². The monoisotopic (exact) mass is 213 g/mol. The van der Waals surface area contributed by atoms with Crippen LogP contribution in [0.25, 0.3) is 0 Å². The molecular weight excluding hydrogens is 201 g/mol. The van der Waals surface area contributed by atoms with Gasteiger partial charge < -0.3 is 5.73 Å². The fourth-order valence-corrected chi connectivity index (χ4v) is 0. The summed E-state index contributed by atoms with van der Waals surface area (Å²) in [4.78, 5) is 0. The first-order chi connectivity index (χ1) is 2.94. The Kier molecular flexibility index (Phi) is 2.53. The Morgan fingerprint density at radius 2 is 1.71 bits per heavy atom. The third kappa shape index (κ3) is 3.29. The third-order valence-corrected chi connectivity index (χ3v) is 2.63. The topological polar surface area (TPSA) is 26.0 Å². The summed E-state index contributed by atoms with van der Waals surface area (Å²) >= 11 is 2.32. The Hall–Kier alpha value is 0.690. The first-order valence-electron chi connectivity index (χ1n) is 2.37. The van der Waals surface area contributed by atoms with Gasteiger partial charge in [-0.05, 0) is 13.8 Å². The molecule has 0 aromatic rings. The molecule has 0 bridgehead atoms. The van der Waals surface area contributed by atoms with Crippen molar-refractivity contribution in [3.63, 3.8) is 0 Å². The van der Waals surface area contributed by atoms with Crippen LogP contribution in [0.1, 0.15) is 20.8 Å². The van der Waals surface area contributed by atoms with Crippen LogP contribution in [0.2, 0.25) is 0 Å². The summed E-state index contributed by atoms with van der Waals surface area (Å²) in [5.41, 5.74) is 5.66. The standard InChI is InChI=1S/C5H12IN/c1-4(6)5(2,3)7/h4H,7H2,1-3H3. The van der Waals surface area contributed by atoms with E-state index < -0.39 is 0 Å². The molecule has 0 aromatic carbocycles. The first kappa shape index (κ1) is 7.69. The molecule has 1 nitrogen and oxygen atoms in total. The lowest BCUT2D eigenvalue weighted by atomic mass is 10.0. The maximum absolute atomic E-state index is 5.67. The fraction of sp³-hybridized carbons (Fsp3) is 1.00. The van der Waals surface area contributed by atoms with Gasteiger partial charge in [-0.2, -0.15) is 0 Å². The van der Waals surface area contributed by atoms with Crippen LogP contribution in [0.4, 0.5) is 0 Å². The van der Waals surface area contributed by atoms with Gasteiger partial charge in [-0.1, -0.05) is 29.5 Å². The molecule has 7 heavy (non-hydrogen) atoms. The lowest BCUT2D eigenvalue weighted by Gasteiger charge is -2.21. The molecule has 0 aliphatic heterocycles. The zero-order chi connectivity index (χ0) is 6.08. The minimum absolute atomic E-state index is 0.0133. The summed E-state index contributed by atoms with van der Waals surface area (Å²) in [5.74, 6) is 0. The van der Waals surface area contributed by atoms with E-state index in [1.807, 2.05) is 13.8 Å². The molecule has 2 heteroatoms. The van der Waals surface area contributed by atoms with E-state index in [-0.39, 0.29) is 5.54 Å². The van der Waals surface area contributed by atoms with Crippen LogP contribution < -0.4 is 5.73 Å². The highest BCUT2D eigenvalue weighted by Gasteiger charge is 2.15. The molecule has 0 rings (SSSR count). The maximum atomic E-state index is 5.67. The van der Waals surface area contributed by atoms with Gasteiger partial charge in [0.2, 0.25) is 0 Å². The largest absolute Gasteiger partial charge is 0.325 e. The molecule has 0 saturated heterocycles. The molecule has 0 spiro atoms. The van der Waals surface area contributed by atoms with Crippen molar-refractivity contribution in [1.29, 1.82) is 0 Å². The van der Waals surface area contributed by atoms with Crippen LogP contribution in [0.15, 0.2) is 0 Å². The third-order valence-electron chi connectivity index (χ3n) is 1.03. The molecular formula is C5H12IN. The Bertz CT molecular complexity index is 53.6. The van der Waals surface area contributed by atoms with Crippen LogP contribution in [0.3, 0.4) is 0 Å². The predicted octanol–water partition coefficient (Wildman–Crippen LogP) is 1.55. The Morgan fingerprint density at radius 1 is 1.57 bits per heavy atom. The Labute approximate surface area is 58.8 Å². The highest BCUT2D eigenvalue weighted by molar-refractivity contribution is 14.1. The number of hydrogen-bond acceptors (Lipinski definition) is 1. The number of halogens is 1. The lowest BCUT2D eigenvalue weighted by molar-refractivity contribution is 0.528. The lowest BCUT2D eigenvalue weighted by Crippen LogP contribution is -2.39. The number of alkyl halides is 1. The SMILES string of the molecule is CC(I)C(C)(C)N. The van der Waals surface area contributed by atoms with Crippen molar-refractivity contribution in [3.05, 3.63) is 0 Å². The molecule has 44 valence electrons. The maximum Gasteiger partial charge on any atom is 0.0256 e. The van der Waals surface area contributed by atoms with Crippen molar-refractivity contribution < 1.29 is 0 Å². The average Bonchev–Trinajstić information content (AvgIpc) is 1.31. The van der Waals surface area contributed by atoms with Crippen molar-refractivity contribution in [2.45, 2.75) is 30.2 Å². The first-order valence-corrected chi connectivity index (χ1v) is 3.62. The van der Waals surface area contributed by atoms with E-state index in [4.69, 9.17) is 5.73 Å². The van der Waals surface area contributed by atoms with Gasteiger partial charge in [0, 0.05) is 9.46 Å². The Balaban J connectivity index is 3.54. The molecule has 0 fully saturated rings. The van der Waals surface area contributed by atoms with Gasteiger partial charge in [0.1, 0.15) is 0 Å². The van der Waals surface area contributed by atoms with Crippen LogP contribution in [0.5, 0.6) is 0 Å². The van der Waals surface area contributed by atoms with E-state index in [1.54, 1.807) is 0 Å². The minimum atomic E-state index is -0.0133. The van der Waals surface area contributed by atoms with Crippen LogP contribution in [-0.4, -0.2) is 9.46 Å². The number of nitrogens with two attached hydrogens (primary N) is 1. The van der Waals surface area contributed by atoms with E-state index in [0.717, 1.165) is 0 Å². The van der Waals surface area contributed by atoms with Gasteiger partial charge in [0.25, 0.3) is 0 Å². The molecule has 0 aliphatic carbocycles. The highest BCUT2D eigenvalue weighted by Crippen LogP contribution is 2.12. The summed E-state index contributed by atoms with van der Waals surface area (Å²) in [6.45, 7) is 6.18. The van der Waals surface area contributed by atoms with Gasteiger partial charge in [-0.3, -0.25) is 0 Å². The number of hydrogen-bond donors (Lipinski definition) is 1. The minimum Gasteiger partial charge on any atom is -0.325 e. The van der Waals surface area contributed by atoms with Crippen molar-refractivity contribution in [2.75, 3.05) is 0 Å². The van der Waals surface area contributed by atoms with E-state index in [9.17, 15) is 0 Å². The molecule has 1 unspecified atom stereocenters. The molecule has 2 N–H and O–H groups in total. The summed E-state index contributed by atoms with van der Waals surface area (Å²) in [7, 11) is 0. The van der Waals surface area contributed by atoms with Crippen molar-refractivity contribution in [3.8, 4) is 0 Å². The van der Waals surface area contributed by atoms with E-state index in [1.165, 1.54) is 0 Å². The quantitative estimate of drug-likeness (QED) is 0.519.